The van der Waals surface area contributed by atoms with E-state index in [2.05, 4.69) is 14.9 Å². The van der Waals surface area contributed by atoms with Crippen molar-refractivity contribution in [3.05, 3.63) is 39.2 Å². The number of hydrogen-bond acceptors (Lipinski definition) is 8. The van der Waals surface area contributed by atoms with E-state index in [1.54, 1.807) is 39.9 Å². The molecule has 3 rings (SSSR count). The van der Waals surface area contributed by atoms with Gasteiger partial charge in [-0.3, -0.25) is 19.9 Å². The molecular formula is C20H29N5O5. The average molecular weight is 419 g/mol. The van der Waals surface area contributed by atoms with E-state index >= 15 is 0 Å². The Morgan fingerprint density at radius 2 is 1.63 bits per heavy atom. The number of methoxy groups -OCH3 is 3. The maximum atomic E-state index is 11.2. The summed E-state index contributed by atoms with van der Waals surface area (Å²) >= 11 is 0. The van der Waals surface area contributed by atoms with E-state index in [-0.39, 0.29) is 10.6 Å². The Hall–Kier alpha value is -2.85. The monoisotopic (exact) mass is 419 g/mol. The van der Waals surface area contributed by atoms with Gasteiger partial charge < -0.3 is 14.2 Å². The molecule has 2 aromatic rings. The van der Waals surface area contributed by atoms with Crippen molar-refractivity contribution in [3.8, 4) is 17.2 Å². The van der Waals surface area contributed by atoms with Gasteiger partial charge in [-0.05, 0) is 19.9 Å². The Morgan fingerprint density at radius 1 is 1.00 bits per heavy atom. The lowest BCUT2D eigenvalue weighted by atomic mass is 10.1. The molecule has 10 heteroatoms. The van der Waals surface area contributed by atoms with Gasteiger partial charge in [0.15, 0.2) is 11.5 Å². The van der Waals surface area contributed by atoms with Crippen molar-refractivity contribution in [1.82, 2.24) is 19.6 Å². The summed E-state index contributed by atoms with van der Waals surface area (Å²) in [5, 5.41) is 15.6. The molecule has 1 aromatic carbocycles. The third kappa shape index (κ3) is 4.34. The Labute approximate surface area is 176 Å². The normalized spacial score (nSPS) is 15.2. The van der Waals surface area contributed by atoms with Gasteiger partial charge in [0.1, 0.15) is 11.4 Å². The zero-order chi connectivity index (χ0) is 21.8. The van der Waals surface area contributed by atoms with Crippen LogP contribution in [0, 0.1) is 24.0 Å². The lowest BCUT2D eigenvalue weighted by molar-refractivity contribution is -0.386. The van der Waals surface area contributed by atoms with Crippen molar-refractivity contribution in [2.75, 3.05) is 47.5 Å². The Bertz CT molecular complexity index is 905. The predicted octanol–water partition coefficient (Wildman–Crippen LogP) is 2.21. The zero-order valence-electron chi connectivity index (χ0n) is 18.2. The number of ether oxygens (including phenoxy) is 3. The summed E-state index contributed by atoms with van der Waals surface area (Å²) in [4.78, 5) is 15.5. The first-order valence-corrected chi connectivity index (χ1v) is 9.80. The molecule has 0 bridgehead atoms. The van der Waals surface area contributed by atoms with Gasteiger partial charge in [0, 0.05) is 38.3 Å². The van der Waals surface area contributed by atoms with Gasteiger partial charge in [-0.25, -0.2) is 4.68 Å². The summed E-state index contributed by atoms with van der Waals surface area (Å²) < 4.78 is 18.1. The molecular weight excluding hydrogens is 390 g/mol. The van der Waals surface area contributed by atoms with Crippen LogP contribution in [0.15, 0.2) is 12.1 Å². The third-order valence-electron chi connectivity index (χ3n) is 5.50. The van der Waals surface area contributed by atoms with Crippen molar-refractivity contribution in [2.24, 2.45) is 0 Å². The summed E-state index contributed by atoms with van der Waals surface area (Å²) in [5.41, 5.74) is 2.19. The fraction of sp³-hybridized carbons (Fsp3) is 0.550. The van der Waals surface area contributed by atoms with Crippen LogP contribution in [0.4, 0.5) is 5.69 Å². The summed E-state index contributed by atoms with van der Waals surface area (Å²) in [6.07, 6.45) is 0. The number of piperazine rings is 1. The number of nitro groups is 1. The molecule has 2 heterocycles. The molecule has 1 aliphatic heterocycles. The van der Waals surface area contributed by atoms with E-state index < -0.39 is 0 Å². The van der Waals surface area contributed by atoms with Gasteiger partial charge in [-0.15, -0.1) is 0 Å². The minimum atomic E-state index is -0.359. The highest BCUT2D eigenvalue weighted by Gasteiger charge is 2.25. The van der Waals surface area contributed by atoms with Gasteiger partial charge in [0.25, 0.3) is 0 Å². The van der Waals surface area contributed by atoms with Crippen LogP contribution in [0.2, 0.25) is 0 Å². The Morgan fingerprint density at radius 3 is 2.17 bits per heavy atom. The van der Waals surface area contributed by atoms with Gasteiger partial charge in [-0.1, -0.05) is 6.07 Å². The standard InChI is InChI=1S/C20H29N5O5/c1-14-18(25(26)27)15(2)24(21-14)13-23-10-8-22(9-11-23)12-16-6-7-17(28-3)20(30-5)19(16)29-4/h6-7H,8-13H2,1-5H3. The molecule has 10 nitrogen and oxygen atoms in total. The lowest BCUT2D eigenvalue weighted by Gasteiger charge is -2.35. The highest BCUT2D eigenvalue weighted by Crippen LogP contribution is 2.40. The topological polar surface area (TPSA) is 95.1 Å². The molecule has 0 amide bonds. The quantitative estimate of drug-likeness (QED) is 0.475. The number of hydrogen-bond donors (Lipinski definition) is 0. The summed E-state index contributed by atoms with van der Waals surface area (Å²) in [7, 11) is 4.84. The second kappa shape index (κ2) is 9.31. The first-order chi connectivity index (χ1) is 14.4. The van der Waals surface area contributed by atoms with Crippen molar-refractivity contribution in [2.45, 2.75) is 27.1 Å². The fourth-order valence-electron chi connectivity index (χ4n) is 3.90. The van der Waals surface area contributed by atoms with Crippen LogP contribution < -0.4 is 14.2 Å². The van der Waals surface area contributed by atoms with Crippen molar-refractivity contribution >= 4 is 5.69 Å². The first kappa shape index (κ1) is 21.8. The molecule has 1 fully saturated rings. The number of aryl methyl sites for hydroxylation is 1. The van der Waals surface area contributed by atoms with E-state index in [4.69, 9.17) is 14.2 Å². The molecule has 0 radical (unpaired) electrons. The van der Waals surface area contributed by atoms with E-state index in [9.17, 15) is 10.1 Å². The number of benzene rings is 1. The lowest BCUT2D eigenvalue weighted by Crippen LogP contribution is -2.46. The SMILES string of the molecule is COc1ccc(CN2CCN(Cn3nc(C)c([N+](=O)[O-])c3C)CC2)c(OC)c1OC. The second-order valence-electron chi connectivity index (χ2n) is 7.31. The van der Waals surface area contributed by atoms with Crippen LogP contribution in [0.5, 0.6) is 17.2 Å². The highest BCUT2D eigenvalue weighted by molar-refractivity contribution is 5.55. The van der Waals surface area contributed by atoms with Gasteiger partial charge in [0.2, 0.25) is 5.75 Å². The number of aromatic nitrogens is 2. The zero-order valence-corrected chi connectivity index (χ0v) is 18.2. The van der Waals surface area contributed by atoms with Gasteiger partial charge in [0.05, 0.1) is 32.9 Å². The summed E-state index contributed by atoms with van der Waals surface area (Å²) in [5.74, 6) is 1.93. The second-order valence-corrected chi connectivity index (χ2v) is 7.31. The Balaban J connectivity index is 1.63. The maximum Gasteiger partial charge on any atom is 0.312 e. The van der Waals surface area contributed by atoms with E-state index in [0.717, 1.165) is 38.3 Å². The molecule has 1 aliphatic rings. The summed E-state index contributed by atoms with van der Waals surface area (Å²) in [6.45, 7) is 8.16. The van der Waals surface area contributed by atoms with Crippen LogP contribution in [0.1, 0.15) is 17.0 Å². The van der Waals surface area contributed by atoms with Crippen molar-refractivity contribution in [1.29, 1.82) is 0 Å². The van der Waals surface area contributed by atoms with Crippen LogP contribution in [-0.2, 0) is 13.2 Å². The van der Waals surface area contributed by atoms with Crippen LogP contribution >= 0.6 is 0 Å². The van der Waals surface area contributed by atoms with Crippen LogP contribution in [0.25, 0.3) is 0 Å². The van der Waals surface area contributed by atoms with Crippen molar-refractivity contribution in [3.63, 3.8) is 0 Å². The smallest absolute Gasteiger partial charge is 0.312 e. The fourth-order valence-corrected chi connectivity index (χ4v) is 3.90. The van der Waals surface area contributed by atoms with Crippen LogP contribution in [0.3, 0.4) is 0 Å². The molecule has 0 spiro atoms. The average Bonchev–Trinajstić information content (AvgIpc) is 3.01. The largest absolute Gasteiger partial charge is 0.493 e. The van der Waals surface area contributed by atoms with E-state index in [0.29, 0.717) is 35.3 Å². The number of rotatable bonds is 8. The molecule has 30 heavy (non-hydrogen) atoms. The highest BCUT2D eigenvalue weighted by atomic mass is 16.6. The molecule has 1 saturated heterocycles. The molecule has 0 N–H and O–H groups in total. The van der Waals surface area contributed by atoms with Gasteiger partial charge in [-0.2, -0.15) is 5.10 Å². The van der Waals surface area contributed by atoms with Crippen molar-refractivity contribution < 1.29 is 19.1 Å². The van der Waals surface area contributed by atoms with E-state index in [1.165, 1.54) is 0 Å². The molecule has 1 aromatic heterocycles. The Kier molecular flexibility index (Phi) is 6.78. The molecule has 0 atom stereocenters. The minimum absolute atomic E-state index is 0.106. The molecule has 0 saturated carbocycles. The molecule has 164 valence electrons. The first-order valence-electron chi connectivity index (χ1n) is 9.80. The van der Waals surface area contributed by atoms with E-state index in [1.807, 2.05) is 12.1 Å². The predicted molar refractivity (Wildman–Crippen MR) is 111 cm³/mol. The van der Waals surface area contributed by atoms with Gasteiger partial charge >= 0.3 is 5.69 Å². The minimum Gasteiger partial charge on any atom is -0.493 e. The third-order valence-corrected chi connectivity index (χ3v) is 5.50. The van der Waals surface area contributed by atoms with Crippen LogP contribution in [-0.4, -0.2) is 72.0 Å². The summed E-state index contributed by atoms with van der Waals surface area (Å²) in [6, 6.07) is 3.89. The number of nitrogens with zero attached hydrogens (tertiary/aromatic N) is 5. The molecule has 0 aliphatic carbocycles. The maximum absolute atomic E-state index is 11.2. The molecule has 0 unspecified atom stereocenters.